The summed E-state index contributed by atoms with van der Waals surface area (Å²) in [5, 5.41) is 3.58. The normalized spacial score (nSPS) is 25.4. The molecule has 3 unspecified atom stereocenters. The third kappa shape index (κ3) is 5.50. The number of methoxy groups -OCH3 is 1. The Hall–Kier alpha value is -0.120. The predicted octanol–water partition coefficient (Wildman–Crippen LogP) is 1.96. The summed E-state index contributed by atoms with van der Waals surface area (Å²) in [5.41, 5.74) is 0. The van der Waals surface area contributed by atoms with Gasteiger partial charge in [-0.05, 0) is 39.5 Å². The minimum Gasteiger partial charge on any atom is -0.385 e. The molecule has 1 saturated heterocycles. The maximum atomic E-state index is 5.62. The number of hydrogen-bond donors (Lipinski definition) is 1. The van der Waals surface area contributed by atoms with E-state index in [1.807, 2.05) is 0 Å². The predicted molar refractivity (Wildman–Crippen MR) is 62.1 cm³/mol. The van der Waals surface area contributed by atoms with Crippen molar-refractivity contribution in [2.24, 2.45) is 0 Å². The average Bonchev–Trinajstić information content (AvgIpc) is 2.67. The minimum absolute atomic E-state index is 0.488. The molecule has 0 amide bonds. The van der Waals surface area contributed by atoms with E-state index in [9.17, 15) is 0 Å². The summed E-state index contributed by atoms with van der Waals surface area (Å²) in [6.45, 7) is 6.24. The van der Waals surface area contributed by atoms with Gasteiger partial charge in [-0.3, -0.25) is 0 Å². The van der Waals surface area contributed by atoms with Gasteiger partial charge in [-0.25, -0.2) is 0 Å². The van der Waals surface area contributed by atoms with Crippen LogP contribution in [0.3, 0.4) is 0 Å². The van der Waals surface area contributed by atoms with Crippen molar-refractivity contribution in [3.8, 4) is 0 Å². The minimum atomic E-state index is 0.488. The molecule has 1 aliphatic heterocycles. The second kappa shape index (κ2) is 7.20. The number of ether oxygens (including phenoxy) is 2. The van der Waals surface area contributed by atoms with Crippen LogP contribution >= 0.6 is 0 Å². The molecule has 0 aromatic rings. The molecule has 0 saturated carbocycles. The Labute approximate surface area is 93.5 Å². The molecule has 90 valence electrons. The summed E-state index contributed by atoms with van der Waals surface area (Å²) < 4.78 is 10.7. The Morgan fingerprint density at radius 2 is 2.20 bits per heavy atom. The molecular formula is C12H25NO2. The van der Waals surface area contributed by atoms with Crippen LogP contribution in [0, 0.1) is 0 Å². The van der Waals surface area contributed by atoms with E-state index in [1.54, 1.807) is 7.11 Å². The molecule has 0 radical (unpaired) electrons. The van der Waals surface area contributed by atoms with Crippen molar-refractivity contribution in [3.05, 3.63) is 0 Å². The van der Waals surface area contributed by atoms with Gasteiger partial charge < -0.3 is 14.8 Å². The maximum absolute atomic E-state index is 5.62. The number of rotatable bonds is 7. The van der Waals surface area contributed by atoms with E-state index >= 15 is 0 Å². The van der Waals surface area contributed by atoms with Crippen LogP contribution < -0.4 is 5.32 Å². The van der Waals surface area contributed by atoms with Crippen molar-refractivity contribution in [1.29, 1.82) is 0 Å². The first-order valence-electron chi connectivity index (χ1n) is 6.09. The molecule has 1 heterocycles. The van der Waals surface area contributed by atoms with Gasteiger partial charge in [-0.2, -0.15) is 0 Å². The highest BCUT2D eigenvalue weighted by Gasteiger charge is 2.18. The topological polar surface area (TPSA) is 30.5 Å². The van der Waals surface area contributed by atoms with Crippen molar-refractivity contribution in [3.63, 3.8) is 0 Å². The van der Waals surface area contributed by atoms with Crippen LogP contribution in [0.15, 0.2) is 0 Å². The summed E-state index contributed by atoms with van der Waals surface area (Å²) in [5.74, 6) is 0. The van der Waals surface area contributed by atoms with Crippen molar-refractivity contribution in [2.75, 3.05) is 20.3 Å². The summed E-state index contributed by atoms with van der Waals surface area (Å²) in [6.07, 6.45) is 5.17. The van der Waals surface area contributed by atoms with Crippen LogP contribution in [0.1, 0.15) is 39.5 Å². The second-order valence-corrected chi connectivity index (χ2v) is 4.62. The first-order chi connectivity index (χ1) is 7.22. The zero-order chi connectivity index (χ0) is 11.1. The molecule has 3 heteroatoms. The highest BCUT2D eigenvalue weighted by Crippen LogP contribution is 2.17. The molecule has 0 aromatic carbocycles. The summed E-state index contributed by atoms with van der Waals surface area (Å²) in [7, 11) is 1.75. The van der Waals surface area contributed by atoms with Gasteiger partial charge in [0.05, 0.1) is 6.10 Å². The maximum Gasteiger partial charge on any atom is 0.0590 e. The molecule has 1 aliphatic rings. The van der Waals surface area contributed by atoms with Gasteiger partial charge in [0.25, 0.3) is 0 Å². The fourth-order valence-corrected chi connectivity index (χ4v) is 2.16. The third-order valence-corrected chi connectivity index (χ3v) is 2.96. The molecule has 15 heavy (non-hydrogen) atoms. The average molecular weight is 215 g/mol. The standard InChI is InChI=1S/C12H25NO2/c1-10(6-8-14-3)13-11(2)9-12-5-4-7-15-12/h10-13H,4-9H2,1-3H3. The highest BCUT2D eigenvalue weighted by atomic mass is 16.5. The van der Waals surface area contributed by atoms with Gasteiger partial charge in [-0.1, -0.05) is 0 Å². The lowest BCUT2D eigenvalue weighted by Gasteiger charge is -2.22. The quantitative estimate of drug-likeness (QED) is 0.704. The Morgan fingerprint density at radius 1 is 1.40 bits per heavy atom. The van der Waals surface area contributed by atoms with Gasteiger partial charge in [0, 0.05) is 32.4 Å². The second-order valence-electron chi connectivity index (χ2n) is 4.62. The Kier molecular flexibility index (Phi) is 6.22. The van der Waals surface area contributed by atoms with E-state index < -0.39 is 0 Å². The summed E-state index contributed by atoms with van der Waals surface area (Å²) >= 11 is 0. The van der Waals surface area contributed by atoms with E-state index in [0.717, 1.165) is 26.1 Å². The SMILES string of the molecule is COCCC(C)NC(C)CC1CCCO1. The first-order valence-corrected chi connectivity index (χ1v) is 6.09. The molecular weight excluding hydrogens is 190 g/mol. The van der Waals surface area contributed by atoms with E-state index in [0.29, 0.717) is 18.2 Å². The van der Waals surface area contributed by atoms with Crippen molar-refractivity contribution in [1.82, 2.24) is 5.32 Å². The van der Waals surface area contributed by atoms with Gasteiger partial charge >= 0.3 is 0 Å². The van der Waals surface area contributed by atoms with Gasteiger partial charge in [0.15, 0.2) is 0 Å². The molecule has 1 N–H and O–H groups in total. The number of hydrogen-bond acceptors (Lipinski definition) is 3. The highest BCUT2D eigenvalue weighted by molar-refractivity contribution is 4.74. The lowest BCUT2D eigenvalue weighted by atomic mass is 10.1. The lowest BCUT2D eigenvalue weighted by molar-refractivity contribution is 0.0943. The van der Waals surface area contributed by atoms with Crippen molar-refractivity contribution < 1.29 is 9.47 Å². The van der Waals surface area contributed by atoms with Crippen LogP contribution in [-0.2, 0) is 9.47 Å². The Bertz CT molecular complexity index is 158. The number of nitrogens with one attached hydrogen (secondary N) is 1. The molecule has 1 fully saturated rings. The van der Waals surface area contributed by atoms with Crippen LogP contribution in [0.25, 0.3) is 0 Å². The van der Waals surface area contributed by atoms with Gasteiger partial charge in [0.1, 0.15) is 0 Å². The fraction of sp³-hybridized carbons (Fsp3) is 1.00. The third-order valence-electron chi connectivity index (χ3n) is 2.96. The smallest absolute Gasteiger partial charge is 0.0590 e. The largest absolute Gasteiger partial charge is 0.385 e. The van der Waals surface area contributed by atoms with Gasteiger partial charge in [0.2, 0.25) is 0 Å². The van der Waals surface area contributed by atoms with Crippen LogP contribution in [0.4, 0.5) is 0 Å². The molecule has 0 aromatic heterocycles. The van der Waals surface area contributed by atoms with E-state index in [-0.39, 0.29) is 0 Å². The molecule has 1 rings (SSSR count). The lowest BCUT2D eigenvalue weighted by Crippen LogP contribution is -2.37. The zero-order valence-electron chi connectivity index (χ0n) is 10.3. The van der Waals surface area contributed by atoms with Crippen LogP contribution in [0.5, 0.6) is 0 Å². The van der Waals surface area contributed by atoms with E-state index in [2.05, 4.69) is 19.2 Å². The summed E-state index contributed by atoms with van der Waals surface area (Å²) in [6, 6.07) is 1.07. The molecule has 0 bridgehead atoms. The molecule has 3 nitrogen and oxygen atoms in total. The van der Waals surface area contributed by atoms with Gasteiger partial charge in [-0.15, -0.1) is 0 Å². The summed E-state index contributed by atoms with van der Waals surface area (Å²) in [4.78, 5) is 0. The van der Waals surface area contributed by atoms with Crippen LogP contribution in [-0.4, -0.2) is 38.5 Å². The van der Waals surface area contributed by atoms with E-state index in [1.165, 1.54) is 12.8 Å². The van der Waals surface area contributed by atoms with Crippen molar-refractivity contribution in [2.45, 2.75) is 57.7 Å². The monoisotopic (exact) mass is 215 g/mol. The van der Waals surface area contributed by atoms with E-state index in [4.69, 9.17) is 9.47 Å². The Balaban J connectivity index is 2.08. The zero-order valence-corrected chi connectivity index (χ0v) is 10.3. The Morgan fingerprint density at radius 3 is 2.80 bits per heavy atom. The molecule has 0 aliphatic carbocycles. The fourth-order valence-electron chi connectivity index (χ4n) is 2.16. The first kappa shape index (κ1) is 12.9. The molecule has 0 spiro atoms. The van der Waals surface area contributed by atoms with Crippen LogP contribution in [0.2, 0.25) is 0 Å². The van der Waals surface area contributed by atoms with Crippen molar-refractivity contribution >= 4 is 0 Å². The molecule has 3 atom stereocenters.